The molecule has 0 nitrogen and oxygen atoms in total. The van der Waals surface area contributed by atoms with E-state index in [-0.39, 0.29) is 5.41 Å². The summed E-state index contributed by atoms with van der Waals surface area (Å²) in [5.41, 5.74) is 10.3. The van der Waals surface area contributed by atoms with E-state index in [1.165, 1.54) is 54.3 Å². The number of rotatable bonds is 1. The Balaban J connectivity index is 1.64. The molecule has 7 rings (SSSR count). The average molecular weight is 503 g/mol. The van der Waals surface area contributed by atoms with Gasteiger partial charge in [-0.15, -0.1) is 0 Å². The van der Waals surface area contributed by atoms with Crippen molar-refractivity contribution in [3.63, 3.8) is 0 Å². The van der Waals surface area contributed by atoms with E-state index in [4.69, 9.17) is 0 Å². The number of hydrogen-bond acceptors (Lipinski definition) is 1. The molecule has 0 fully saturated rings. The van der Waals surface area contributed by atoms with E-state index in [9.17, 15) is 0 Å². The quantitative estimate of drug-likeness (QED) is 0.216. The van der Waals surface area contributed by atoms with Crippen LogP contribution >= 0.6 is 27.7 Å². The molecule has 0 bridgehead atoms. The van der Waals surface area contributed by atoms with E-state index < -0.39 is 0 Å². The van der Waals surface area contributed by atoms with Gasteiger partial charge >= 0.3 is 0 Å². The SMILES string of the molecule is Brc1ccc2c(c1)C1(c3cc(-c4ccccc4)ccc3S2)c2ccccc2-c2ccccc21. The molecule has 1 aliphatic carbocycles. The lowest BCUT2D eigenvalue weighted by molar-refractivity contribution is 0.722. The second-order valence-electron chi connectivity index (χ2n) is 8.66. The molecule has 5 aromatic carbocycles. The maximum atomic E-state index is 3.78. The van der Waals surface area contributed by atoms with Crippen LogP contribution in [0.3, 0.4) is 0 Å². The highest BCUT2D eigenvalue weighted by atomic mass is 79.9. The molecule has 1 spiro atoms. The topological polar surface area (TPSA) is 0 Å². The van der Waals surface area contributed by atoms with E-state index >= 15 is 0 Å². The minimum absolute atomic E-state index is 0.336. The molecule has 0 saturated carbocycles. The van der Waals surface area contributed by atoms with Crippen molar-refractivity contribution in [3.05, 3.63) is 142 Å². The molecule has 1 heterocycles. The lowest BCUT2D eigenvalue weighted by atomic mass is 9.67. The third kappa shape index (κ3) is 2.65. The Labute approximate surface area is 206 Å². The Morgan fingerprint density at radius 3 is 1.76 bits per heavy atom. The predicted molar refractivity (Wildman–Crippen MR) is 141 cm³/mol. The fourth-order valence-corrected chi connectivity index (χ4v) is 7.20. The Morgan fingerprint density at radius 1 is 0.485 bits per heavy atom. The maximum absolute atomic E-state index is 3.78. The average Bonchev–Trinajstić information content (AvgIpc) is 3.16. The standard InChI is InChI=1S/C31H19BrS/c32-22-15-17-30-28(19-22)31(25-12-6-4-10-23(25)24-11-5-7-13-26(24)31)27-18-21(14-16-29(27)33-30)20-8-2-1-3-9-20/h1-19H. The molecule has 0 amide bonds. The molecule has 2 heteroatoms. The van der Waals surface area contributed by atoms with Gasteiger partial charge in [0.1, 0.15) is 0 Å². The summed E-state index contributed by atoms with van der Waals surface area (Å²) in [6.07, 6.45) is 0. The van der Waals surface area contributed by atoms with Crippen molar-refractivity contribution in [3.8, 4) is 22.3 Å². The first-order chi connectivity index (χ1) is 16.3. The minimum Gasteiger partial charge on any atom is -0.0894 e. The van der Waals surface area contributed by atoms with E-state index in [2.05, 4.69) is 131 Å². The molecular weight excluding hydrogens is 484 g/mol. The van der Waals surface area contributed by atoms with Crippen molar-refractivity contribution in [2.45, 2.75) is 15.2 Å². The molecule has 2 aliphatic rings. The molecular formula is C31H19BrS. The Hall–Kier alpha value is -3.07. The zero-order valence-electron chi connectivity index (χ0n) is 17.8. The highest BCUT2D eigenvalue weighted by Crippen LogP contribution is 2.62. The first-order valence-electron chi connectivity index (χ1n) is 11.1. The molecule has 1 aliphatic heterocycles. The molecule has 0 unspecified atom stereocenters. The Bertz CT molecular complexity index is 1510. The first-order valence-corrected chi connectivity index (χ1v) is 12.7. The summed E-state index contributed by atoms with van der Waals surface area (Å²) < 4.78 is 1.12. The largest absolute Gasteiger partial charge is 0.0894 e. The van der Waals surface area contributed by atoms with Crippen LogP contribution in [0.15, 0.2) is 130 Å². The third-order valence-electron chi connectivity index (χ3n) is 7.01. The highest BCUT2D eigenvalue weighted by Gasteiger charge is 2.50. The fourth-order valence-electron chi connectivity index (χ4n) is 5.69. The van der Waals surface area contributed by atoms with Gasteiger partial charge in [0, 0.05) is 14.3 Å². The van der Waals surface area contributed by atoms with Gasteiger partial charge in [0.25, 0.3) is 0 Å². The monoisotopic (exact) mass is 502 g/mol. The lowest BCUT2D eigenvalue weighted by Gasteiger charge is -2.40. The van der Waals surface area contributed by atoms with Gasteiger partial charge in [-0.3, -0.25) is 0 Å². The third-order valence-corrected chi connectivity index (χ3v) is 8.65. The van der Waals surface area contributed by atoms with Crippen LogP contribution in [-0.2, 0) is 5.41 Å². The number of hydrogen-bond donors (Lipinski definition) is 0. The van der Waals surface area contributed by atoms with Gasteiger partial charge in [-0.1, -0.05) is 113 Å². The van der Waals surface area contributed by atoms with Crippen LogP contribution in [0.1, 0.15) is 22.3 Å². The Morgan fingerprint density at radius 2 is 1.06 bits per heavy atom. The van der Waals surface area contributed by atoms with Crippen LogP contribution < -0.4 is 0 Å². The van der Waals surface area contributed by atoms with E-state index in [1.54, 1.807) is 0 Å². The molecule has 5 aromatic rings. The zero-order chi connectivity index (χ0) is 22.0. The van der Waals surface area contributed by atoms with Crippen molar-refractivity contribution >= 4 is 27.7 Å². The number of halogens is 1. The predicted octanol–water partition coefficient (Wildman–Crippen LogP) is 8.94. The molecule has 33 heavy (non-hydrogen) atoms. The van der Waals surface area contributed by atoms with Crippen molar-refractivity contribution in [1.29, 1.82) is 0 Å². The molecule has 0 N–H and O–H groups in total. The van der Waals surface area contributed by atoms with Gasteiger partial charge in [0.2, 0.25) is 0 Å². The van der Waals surface area contributed by atoms with Gasteiger partial charge in [-0.2, -0.15) is 0 Å². The van der Waals surface area contributed by atoms with Crippen LogP contribution in [0.4, 0.5) is 0 Å². The van der Waals surface area contributed by atoms with Crippen LogP contribution in [0, 0.1) is 0 Å². The van der Waals surface area contributed by atoms with Gasteiger partial charge in [0.05, 0.1) is 5.41 Å². The summed E-state index contributed by atoms with van der Waals surface area (Å²) in [5, 5.41) is 0. The first kappa shape index (κ1) is 19.4. The fraction of sp³-hybridized carbons (Fsp3) is 0.0323. The van der Waals surface area contributed by atoms with E-state index in [0.29, 0.717) is 0 Å². The van der Waals surface area contributed by atoms with Crippen LogP contribution in [0.25, 0.3) is 22.3 Å². The second kappa shape index (κ2) is 7.21. The van der Waals surface area contributed by atoms with Gasteiger partial charge in [0.15, 0.2) is 0 Å². The smallest absolute Gasteiger partial charge is 0.0735 e. The van der Waals surface area contributed by atoms with Crippen molar-refractivity contribution in [1.82, 2.24) is 0 Å². The van der Waals surface area contributed by atoms with Crippen LogP contribution in [-0.4, -0.2) is 0 Å². The highest BCUT2D eigenvalue weighted by molar-refractivity contribution is 9.10. The normalized spacial score (nSPS) is 14.3. The number of benzene rings is 5. The Kier molecular flexibility index (Phi) is 4.24. The van der Waals surface area contributed by atoms with Crippen LogP contribution in [0.2, 0.25) is 0 Å². The van der Waals surface area contributed by atoms with E-state index in [0.717, 1.165) is 4.47 Å². The number of fused-ring (bicyclic) bond motifs is 9. The minimum atomic E-state index is -0.336. The van der Waals surface area contributed by atoms with Gasteiger partial charge in [-0.05, 0) is 74.8 Å². The zero-order valence-corrected chi connectivity index (χ0v) is 20.2. The summed E-state index contributed by atoms with van der Waals surface area (Å²) in [7, 11) is 0. The van der Waals surface area contributed by atoms with Crippen molar-refractivity contribution in [2.24, 2.45) is 0 Å². The summed E-state index contributed by atoms with van der Waals surface area (Å²) in [4.78, 5) is 2.65. The van der Waals surface area contributed by atoms with Crippen molar-refractivity contribution < 1.29 is 0 Å². The molecule has 0 atom stereocenters. The summed E-state index contributed by atoms with van der Waals surface area (Å²) >= 11 is 5.67. The van der Waals surface area contributed by atoms with Crippen LogP contribution in [0.5, 0.6) is 0 Å². The summed E-state index contributed by atoms with van der Waals surface area (Å²) in [6, 6.07) is 42.4. The summed E-state index contributed by atoms with van der Waals surface area (Å²) in [6.45, 7) is 0. The van der Waals surface area contributed by atoms with Crippen molar-refractivity contribution in [2.75, 3.05) is 0 Å². The van der Waals surface area contributed by atoms with Gasteiger partial charge in [-0.25, -0.2) is 0 Å². The second-order valence-corrected chi connectivity index (χ2v) is 10.7. The molecule has 0 saturated heterocycles. The molecule has 156 valence electrons. The van der Waals surface area contributed by atoms with E-state index in [1.807, 2.05) is 11.8 Å². The van der Waals surface area contributed by atoms with Gasteiger partial charge < -0.3 is 0 Å². The maximum Gasteiger partial charge on any atom is 0.0735 e. The lowest BCUT2D eigenvalue weighted by Crippen LogP contribution is -2.32. The molecule has 0 radical (unpaired) electrons. The summed E-state index contributed by atoms with van der Waals surface area (Å²) in [5.74, 6) is 0. The molecule has 0 aromatic heterocycles.